The summed E-state index contributed by atoms with van der Waals surface area (Å²) in [4.78, 5) is 0. The van der Waals surface area contributed by atoms with Crippen molar-refractivity contribution in [3.63, 3.8) is 0 Å². The van der Waals surface area contributed by atoms with E-state index < -0.39 is 0 Å². The molecule has 1 aliphatic rings. The van der Waals surface area contributed by atoms with Gasteiger partial charge in [0.05, 0.1) is 12.7 Å². The van der Waals surface area contributed by atoms with E-state index in [0.717, 1.165) is 29.9 Å². The number of hydrogen-bond acceptors (Lipinski definition) is 2. The van der Waals surface area contributed by atoms with Gasteiger partial charge in [0, 0.05) is 7.11 Å². The minimum atomic E-state index is -0.329. The third kappa shape index (κ3) is 3.58. The van der Waals surface area contributed by atoms with E-state index in [9.17, 15) is 5.11 Å². The lowest BCUT2D eigenvalue weighted by Crippen LogP contribution is -2.21. The third-order valence-corrected chi connectivity index (χ3v) is 4.59. The van der Waals surface area contributed by atoms with Crippen LogP contribution in [0.5, 0.6) is 0 Å². The van der Waals surface area contributed by atoms with E-state index in [1.54, 1.807) is 7.11 Å². The number of aliphatic hydroxyl groups excluding tert-OH is 1. The first kappa shape index (κ1) is 14.5. The van der Waals surface area contributed by atoms with Crippen molar-refractivity contribution in [2.24, 2.45) is 11.8 Å². The molecule has 2 heteroatoms. The number of benzene rings is 1. The first-order valence-corrected chi connectivity index (χ1v) is 7.51. The van der Waals surface area contributed by atoms with E-state index in [4.69, 9.17) is 4.74 Å². The van der Waals surface area contributed by atoms with Crippen LogP contribution in [0.1, 0.15) is 56.3 Å². The molecule has 0 aliphatic heterocycles. The molecule has 0 saturated heterocycles. The summed E-state index contributed by atoms with van der Waals surface area (Å²) < 4.78 is 5.23. The number of ether oxygens (including phenoxy) is 1. The number of rotatable bonds is 5. The molecule has 1 aromatic carbocycles. The molecule has 0 spiro atoms. The highest BCUT2D eigenvalue weighted by atomic mass is 16.5. The van der Waals surface area contributed by atoms with Crippen molar-refractivity contribution in [1.82, 2.24) is 0 Å². The van der Waals surface area contributed by atoms with Gasteiger partial charge in [-0.05, 0) is 35.8 Å². The second kappa shape index (κ2) is 7.06. The summed E-state index contributed by atoms with van der Waals surface area (Å²) in [6, 6.07) is 8.12. The first-order chi connectivity index (χ1) is 9.26. The molecule has 106 valence electrons. The van der Waals surface area contributed by atoms with Gasteiger partial charge in [0.2, 0.25) is 0 Å². The summed E-state index contributed by atoms with van der Waals surface area (Å²) in [7, 11) is 1.70. The molecule has 2 rings (SSSR count). The summed E-state index contributed by atoms with van der Waals surface area (Å²) in [5, 5.41) is 10.7. The largest absolute Gasteiger partial charge is 0.388 e. The Morgan fingerprint density at radius 1 is 1.21 bits per heavy atom. The fourth-order valence-electron chi connectivity index (χ4n) is 3.28. The van der Waals surface area contributed by atoms with Gasteiger partial charge in [0.15, 0.2) is 0 Å². The second-order valence-electron chi connectivity index (χ2n) is 5.77. The van der Waals surface area contributed by atoms with Gasteiger partial charge in [-0.3, -0.25) is 0 Å². The van der Waals surface area contributed by atoms with Gasteiger partial charge in [-0.15, -0.1) is 0 Å². The van der Waals surface area contributed by atoms with Gasteiger partial charge >= 0.3 is 0 Å². The van der Waals surface area contributed by atoms with E-state index >= 15 is 0 Å². The second-order valence-corrected chi connectivity index (χ2v) is 5.77. The standard InChI is InChI=1S/C17H26O2/c1-3-13-8-10-14(11-9-13)17(18)16-7-5-4-6-15(16)12-19-2/h4-7,13-14,17-18H,3,8-12H2,1-2H3. The molecular weight excluding hydrogens is 236 g/mol. The lowest BCUT2D eigenvalue weighted by molar-refractivity contribution is 0.0702. The van der Waals surface area contributed by atoms with E-state index in [1.807, 2.05) is 18.2 Å². The number of hydrogen-bond donors (Lipinski definition) is 1. The monoisotopic (exact) mass is 262 g/mol. The van der Waals surface area contributed by atoms with Crippen LogP contribution in [0.2, 0.25) is 0 Å². The summed E-state index contributed by atoms with van der Waals surface area (Å²) in [5.41, 5.74) is 2.18. The minimum absolute atomic E-state index is 0.329. The van der Waals surface area contributed by atoms with Crippen LogP contribution in [0.3, 0.4) is 0 Å². The molecule has 1 aromatic rings. The van der Waals surface area contributed by atoms with Gasteiger partial charge in [-0.1, -0.05) is 50.5 Å². The highest BCUT2D eigenvalue weighted by molar-refractivity contribution is 5.29. The number of aliphatic hydroxyl groups is 1. The van der Waals surface area contributed by atoms with Crippen molar-refractivity contribution in [3.8, 4) is 0 Å². The van der Waals surface area contributed by atoms with Crippen molar-refractivity contribution in [3.05, 3.63) is 35.4 Å². The Hall–Kier alpha value is -0.860. The quantitative estimate of drug-likeness (QED) is 0.866. The van der Waals surface area contributed by atoms with E-state index in [2.05, 4.69) is 13.0 Å². The normalized spacial score (nSPS) is 25.2. The Morgan fingerprint density at radius 2 is 1.89 bits per heavy atom. The van der Waals surface area contributed by atoms with Crippen LogP contribution < -0.4 is 0 Å². The Bertz CT molecular complexity index is 381. The Kier molecular flexibility index (Phi) is 5.41. The van der Waals surface area contributed by atoms with Crippen LogP contribution in [-0.4, -0.2) is 12.2 Å². The highest BCUT2D eigenvalue weighted by Gasteiger charge is 2.27. The number of methoxy groups -OCH3 is 1. The molecule has 1 unspecified atom stereocenters. The van der Waals surface area contributed by atoms with Crippen molar-refractivity contribution in [2.75, 3.05) is 7.11 Å². The Labute approximate surface area is 116 Å². The Morgan fingerprint density at radius 3 is 2.53 bits per heavy atom. The zero-order valence-electron chi connectivity index (χ0n) is 12.1. The van der Waals surface area contributed by atoms with Crippen molar-refractivity contribution in [1.29, 1.82) is 0 Å². The molecule has 1 atom stereocenters. The predicted molar refractivity (Wildman–Crippen MR) is 77.9 cm³/mol. The van der Waals surface area contributed by atoms with Crippen molar-refractivity contribution < 1.29 is 9.84 Å². The molecule has 0 heterocycles. The average Bonchev–Trinajstić information content (AvgIpc) is 2.47. The molecule has 0 aromatic heterocycles. The third-order valence-electron chi connectivity index (χ3n) is 4.59. The summed E-state index contributed by atoms with van der Waals surface area (Å²) in [6.07, 6.45) is 5.80. The zero-order valence-corrected chi connectivity index (χ0v) is 12.1. The summed E-state index contributed by atoms with van der Waals surface area (Å²) >= 11 is 0. The maximum absolute atomic E-state index is 10.7. The average molecular weight is 262 g/mol. The maximum Gasteiger partial charge on any atom is 0.0821 e. The molecule has 1 fully saturated rings. The molecule has 0 radical (unpaired) electrons. The Balaban J connectivity index is 2.05. The predicted octanol–water partition coefficient (Wildman–Crippen LogP) is 4.08. The van der Waals surface area contributed by atoms with Crippen LogP contribution in [-0.2, 0) is 11.3 Å². The molecule has 19 heavy (non-hydrogen) atoms. The van der Waals surface area contributed by atoms with Crippen LogP contribution in [0.25, 0.3) is 0 Å². The van der Waals surface area contributed by atoms with Crippen LogP contribution >= 0.6 is 0 Å². The van der Waals surface area contributed by atoms with Crippen molar-refractivity contribution in [2.45, 2.75) is 51.7 Å². The maximum atomic E-state index is 10.7. The van der Waals surface area contributed by atoms with Gasteiger partial charge in [0.25, 0.3) is 0 Å². The molecule has 0 bridgehead atoms. The molecule has 2 nitrogen and oxygen atoms in total. The zero-order chi connectivity index (χ0) is 13.7. The first-order valence-electron chi connectivity index (χ1n) is 7.51. The molecule has 1 N–H and O–H groups in total. The van der Waals surface area contributed by atoms with Crippen LogP contribution in [0.15, 0.2) is 24.3 Å². The van der Waals surface area contributed by atoms with Crippen molar-refractivity contribution >= 4 is 0 Å². The van der Waals surface area contributed by atoms with Gasteiger partial charge in [-0.2, -0.15) is 0 Å². The smallest absolute Gasteiger partial charge is 0.0821 e. The molecular formula is C17H26O2. The van der Waals surface area contributed by atoms with Crippen LogP contribution in [0.4, 0.5) is 0 Å². The topological polar surface area (TPSA) is 29.5 Å². The lowest BCUT2D eigenvalue weighted by Gasteiger charge is -2.32. The molecule has 1 aliphatic carbocycles. The molecule has 1 saturated carbocycles. The van der Waals surface area contributed by atoms with Gasteiger partial charge in [-0.25, -0.2) is 0 Å². The SMILES string of the molecule is CCC1CCC(C(O)c2ccccc2COC)CC1. The van der Waals surface area contributed by atoms with Gasteiger partial charge < -0.3 is 9.84 Å². The highest BCUT2D eigenvalue weighted by Crippen LogP contribution is 2.38. The fourth-order valence-corrected chi connectivity index (χ4v) is 3.28. The minimum Gasteiger partial charge on any atom is -0.388 e. The van der Waals surface area contributed by atoms with Crippen LogP contribution in [0, 0.1) is 11.8 Å². The summed E-state index contributed by atoms with van der Waals surface area (Å²) in [6.45, 7) is 2.85. The molecule has 0 amide bonds. The van der Waals surface area contributed by atoms with E-state index in [1.165, 1.54) is 19.3 Å². The van der Waals surface area contributed by atoms with E-state index in [0.29, 0.717) is 12.5 Å². The lowest BCUT2D eigenvalue weighted by atomic mass is 9.76. The fraction of sp³-hybridized carbons (Fsp3) is 0.647. The van der Waals surface area contributed by atoms with Gasteiger partial charge in [0.1, 0.15) is 0 Å². The summed E-state index contributed by atoms with van der Waals surface area (Å²) in [5.74, 6) is 1.29. The van der Waals surface area contributed by atoms with E-state index in [-0.39, 0.29) is 6.10 Å².